The average molecular weight is 430 g/mol. The van der Waals surface area contributed by atoms with Crippen LogP contribution < -0.4 is 5.32 Å². The second kappa shape index (κ2) is 7.54. The van der Waals surface area contributed by atoms with E-state index in [2.05, 4.69) is 25.3 Å². The third kappa shape index (κ3) is 3.67. The van der Waals surface area contributed by atoms with Crippen molar-refractivity contribution in [3.05, 3.63) is 65.6 Å². The van der Waals surface area contributed by atoms with Crippen molar-refractivity contribution in [3.8, 4) is 10.6 Å². The Morgan fingerprint density at radius 1 is 1.00 bits per heavy atom. The number of amides is 1. The zero-order valence-electron chi connectivity index (χ0n) is 14.0. The van der Waals surface area contributed by atoms with E-state index < -0.39 is 15.7 Å². The number of sulfone groups is 1. The molecule has 0 aliphatic rings. The lowest BCUT2D eigenvalue weighted by atomic mass is 10.3. The molecule has 0 saturated heterocycles. The summed E-state index contributed by atoms with van der Waals surface area (Å²) in [5.41, 5.74) is 1.15. The molecule has 0 aliphatic heterocycles. The van der Waals surface area contributed by atoms with Crippen LogP contribution in [-0.4, -0.2) is 34.3 Å². The number of aromatic nitrogens is 4. The number of nitrogens with zero attached hydrogens (tertiary/aromatic N) is 4. The minimum atomic E-state index is -3.91. The highest BCUT2D eigenvalue weighted by molar-refractivity contribution is 7.93. The molecule has 4 heterocycles. The summed E-state index contributed by atoms with van der Waals surface area (Å²) < 4.78 is 25.6. The lowest BCUT2D eigenvalue weighted by molar-refractivity contribution is 0.103. The molecule has 4 aromatic rings. The van der Waals surface area contributed by atoms with Crippen LogP contribution >= 0.6 is 22.7 Å². The molecule has 0 atom stereocenters. The average Bonchev–Trinajstić information content (AvgIpc) is 3.41. The van der Waals surface area contributed by atoms with E-state index in [-0.39, 0.29) is 14.1 Å². The third-order valence-corrected chi connectivity index (χ3v) is 7.51. The molecule has 1 amide bonds. The van der Waals surface area contributed by atoms with Crippen LogP contribution in [0.1, 0.15) is 9.67 Å². The van der Waals surface area contributed by atoms with Gasteiger partial charge in [0.1, 0.15) is 9.88 Å². The second-order valence-electron chi connectivity index (χ2n) is 5.43. The summed E-state index contributed by atoms with van der Waals surface area (Å²) in [6.07, 6.45) is 8.76. The monoisotopic (exact) mass is 429 g/mol. The Labute approximate surface area is 167 Å². The van der Waals surface area contributed by atoms with Crippen molar-refractivity contribution in [3.63, 3.8) is 0 Å². The lowest BCUT2D eigenvalue weighted by Crippen LogP contribution is -2.09. The van der Waals surface area contributed by atoms with Crippen LogP contribution in [-0.2, 0) is 9.84 Å². The fourth-order valence-electron chi connectivity index (χ4n) is 2.26. The van der Waals surface area contributed by atoms with Crippen LogP contribution in [0.5, 0.6) is 0 Å². The lowest BCUT2D eigenvalue weighted by Gasteiger charge is -2.03. The van der Waals surface area contributed by atoms with Crippen molar-refractivity contribution in [2.45, 2.75) is 9.24 Å². The van der Waals surface area contributed by atoms with Crippen molar-refractivity contribution in [2.75, 3.05) is 5.32 Å². The Morgan fingerprint density at radius 3 is 2.57 bits per heavy atom. The number of hydrogen-bond acceptors (Lipinski definition) is 9. The molecule has 4 rings (SSSR count). The first-order chi connectivity index (χ1) is 13.5. The molecule has 11 heteroatoms. The summed E-state index contributed by atoms with van der Waals surface area (Å²) in [6.45, 7) is 0. The molecule has 28 heavy (non-hydrogen) atoms. The number of pyridine rings is 2. The van der Waals surface area contributed by atoms with Crippen LogP contribution in [0, 0.1) is 0 Å². The number of carbonyl (C=O) groups excluding carboxylic acids is 1. The van der Waals surface area contributed by atoms with Gasteiger partial charge in [0.2, 0.25) is 14.2 Å². The topological polar surface area (TPSA) is 115 Å². The molecule has 0 saturated carbocycles. The highest BCUT2D eigenvalue weighted by Gasteiger charge is 2.24. The van der Waals surface area contributed by atoms with Gasteiger partial charge in [0.25, 0.3) is 5.91 Å². The molecule has 140 valence electrons. The van der Waals surface area contributed by atoms with Gasteiger partial charge < -0.3 is 5.32 Å². The molecule has 0 unspecified atom stereocenters. The van der Waals surface area contributed by atoms with E-state index in [1.54, 1.807) is 42.3 Å². The van der Waals surface area contributed by atoms with Gasteiger partial charge in [-0.2, -0.15) is 0 Å². The van der Waals surface area contributed by atoms with Gasteiger partial charge in [-0.25, -0.2) is 18.4 Å². The number of nitrogens with one attached hydrogen (secondary N) is 1. The molecule has 8 nitrogen and oxygen atoms in total. The van der Waals surface area contributed by atoms with E-state index in [9.17, 15) is 13.2 Å². The normalized spacial score (nSPS) is 11.3. The van der Waals surface area contributed by atoms with Crippen LogP contribution in [0.25, 0.3) is 10.6 Å². The fourth-order valence-corrected chi connectivity index (χ4v) is 5.30. The summed E-state index contributed by atoms with van der Waals surface area (Å²) in [5, 5.41) is 5.13. The number of hydrogen-bond donors (Lipinski definition) is 1. The van der Waals surface area contributed by atoms with Crippen LogP contribution in [0.15, 0.2) is 70.0 Å². The minimum absolute atomic E-state index is 0.00404. The Hall–Kier alpha value is -3.02. The van der Waals surface area contributed by atoms with Gasteiger partial charge in [0.05, 0.1) is 11.1 Å². The van der Waals surface area contributed by atoms with Gasteiger partial charge in [-0.15, -0.1) is 11.3 Å². The maximum Gasteiger partial charge on any atom is 0.267 e. The number of carbonyl (C=O) groups is 1. The molecule has 0 bridgehead atoms. The Bertz CT molecular complexity index is 1220. The van der Waals surface area contributed by atoms with Crippen molar-refractivity contribution in [1.82, 2.24) is 19.9 Å². The molecule has 0 aliphatic carbocycles. The molecule has 0 radical (unpaired) electrons. The zero-order chi connectivity index (χ0) is 19.6. The molecule has 0 spiro atoms. The Kier molecular flexibility index (Phi) is 4.94. The first-order valence-electron chi connectivity index (χ1n) is 7.81. The molecule has 0 aromatic carbocycles. The highest BCUT2D eigenvalue weighted by atomic mass is 32.2. The Morgan fingerprint density at radius 2 is 1.82 bits per heavy atom. The largest absolute Gasteiger partial charge is 0.321 e. The quantitative estimate of drug-likeness (QED) is 0.518. The minimum Gasteiger partial charge on any atom is -0.321 e. The second-order valence-corrected chi connectivity index (χ2v) is 9.48. The van der Waals surface area contributed by atoms with E-state index >= 15 is 0 Å². The number of rotatable bonds is 5. The molecule has 1 N–H and O–H groups in total. The predicted molar refractivity (Wildman–Crippen MR) is 105 cm³/mol. The van der Waals surface area contributed by atoms with E-state index in [1.165, 1.54) is 29.8 Å². The van der Waals surface area contributed by atoms with E-state index in [1.807, 2.05) is 0 Å². The van der Waals surface area contributed by atoms with E-state index in [0.717, 1.165) is 11.3 Å². The summed E-state index contributed by atoms with van der Waals surface area (Å²) in [4.78, 5) is 28.5. The smallest absolute Gasteiger partial charge is 0.267 e. The zero-order valence-corrected chi connectivity index (χ0v) is 16.5. The van der Waals surface area contributed by atoms with Crippen LogP contribution in [0.3, 0.4) is 0 Å². The van der Waals surface area contributed by atoms with Gasteiger partial charge >= 0.3 is 0 Å². The van der Waals surface area contributed by atoms with Crippen LogP contribution in [0.4, 0.5) is 5.69 Å². The first-order valence-corrected chi connectivity index (χ1v) is 11.0. The van der Waals surface area contributed by atoms with Gasteiger partial charge in [-0.1, -0.05) is 11.3 Å². The highest BCUT2D eigenvalue weighted by Crippen LogP contribution is 2.29. The van der Waals surface area contributed by atoms with Gasteiger partial charge in [-0.3, -0.25) is 14.8 Å². The maximum absolute atomic E-state index is 12.9. The molecular weight excluding hydrogens is 418 g/mol. The van der Waals surface area contributed by atoms with Crippen LogP contribution in [0.2, 0.25) is 0 Å². The summed E-state index contributed by atoms with van der Waals surface area (Å²) in [7, 11) is -3.91. The van der Waals surface area contributed by atoms with Gasteiger partial charge in [0, 0.05) is 47.6 Å². The SMILES string of the molecule is O=C(Nc1ccncc1)c1cnc(S(=O)(=O)c2cncc(-c3nccs3)c2)s1. The molecule has 0 fully saturated rings. The summed E-state index contributed by atoms with van der Waals surface area (Å²) >= 11 is 2.18. The standard InChI is InChI=1S/C17H11N5O3S3/c23-15(22-12-1-3-18-4-2-12)14-10-21-17(27-14)28(24,25)13-7-11(8-19-9-13)16-20-5-6-26-16/h1-10H,(H,18,22,23). The van der Waals surface area contributed by atoms with Gasteiger partial charge in [-0.05, 0) is 18.2 Å². The molecular formula is C17H11N5O3S3. The van der Waals surface area contributed by atoms with E-state index in [0.29, 0.717) is 16.3 Å². The summed E-state index contributed by atoms with van der Waals surface area (Å²) in [5.74, 6) is -0.445. The van der Waals surface area contributed by atoms with Crippen molar-refractivity contribution < 1.29 is 13.2 Å². The third-order valence-electron chi connectivity index (χ3n) is 3.58. The molecule has 4 aromatic heterocycles. The number of anilines is 1. The fraction of sp³-hybridized carbons (Fsp3) is 0. The first kappa shape index (κ1) is 18.3. The summed E-state index contributed by atoms with van der Waals surface area (Å²) in [6, 6.07) is 4.76. The van der Waals surface area contributed by atoms with E-state index in [4.69, 9.17) is 0 Å². The van der Waals surface area contributed by atoms with Crippen molar-refractivity contribution in [1.29, 1.82) is 0 Å². The van der Waals surface area contributed by atoms with Crippen molar-refractivity contribution in [2.24, 2.45) is 0 Å². The Balaban J connectivity index is 1.61. The predicted octanol–water partition coefficient (Wildman–Crippen LogP) is 3.14. The number of thiazole rings is 2. The van der Waals surface area contributed by atoms with Gasteiger partial charge in [0.15, 0.2) is 0 Å². The maximum atomic E-state index is 12.9. The van der Waals surface area contributed by atoms with Crippen molar-refractivity contribution >= 4 is 44.1 Å².